The van der Waals surface area contributed by atoms with Crippen LogP contribution in [-0.2, 0) is 0 Å². The van der Waals surface area contributed by atoms with Crippen molar-refractivity contribution in [2.75, 3.05) is 0 Å². The molecule has 0 aliphatic rings. The largest absolute Gasteiger partial charge is 0.138 e. The standard InChI is InChI=1S/C12H20B2/c1-7(2)9-5-11(13)12(14)6-10(9)8(3)4/h5-8H,13-14H2,1-4H3. The van der Waals surface area contributed by atoms with Gasteiger partial charge in [0.25, 0.3) is 0 Å². The van der Waals surface area contributed by atoms with Crippen LogP contribution in [0.15, 0.2) is 12.1 Å². The first-order chi connectivity index (χ1) is 6.43. The zero-order chi connectivity index (χ0) is 10.9. The third kappa shape index (κ3) is 2.23. The van der Waals surface area contributed by atoms with Crippen LogP contribution in [0.3, 0.4) is 0 Å². The lowest BCUT2D eigenvalue weighted by Gasteiger charge is -2.18. The molecule has 74 valence electrons. The lowest BCUT2D eigenvalue weighted by atomic mass is 9.75. The molecule has 0 spiro atoms. The van der Waals surface area contributed by atoms with Gasteiger partial charge in [0.1, 0.15) is 15.7 Å². The van der Waals surface area contributed by atoms with E-state index in [1.807, 2.05) is 0 Å². The fourth-order valence-electron chi connectivity index (χ4n) is 1.86. The summed E-state index contributed by atoms with van der Waals surface area (Å²) in [7, 11) is 4.40. The van der Waals surface area contributed by atoms with Crippen LogP contribution in [0.4, 0.5) is 0 Å². The summed E-state index contributed by atoms with van der Waals surface area (Å²) in [6, 6.07) is 4.71. The Kier molecular flexibility index (Phi) is 3.47. The molecule has 0 N–H and O–H groups in total. The summed E-state index contributed by atoms with van der Waals surface area (Å²) in [5.41, 5.74) is 5.86. The molecule has 0 unspecified atom stereocenters. The zero-order valence-corrected chi connectivity index (χ0v) is 10.3. The minimum Gasteiger partial charge on any atom is -0.0948 e. The fraction of sp³-hybridized carbons (Fsp3) is 0.500. The Morgan fingerprint density at radius 1 is 0.786 bits per heavy atom. The van der Waals surface area contributed by atoms with E-state index in [1.165, 1.54) is 22.1 Å². The number of hydrogen-bond acceptors (Lipinski definition) is 0. The molecule has 0 fully saturated rings. The molecule has 0 saturated heterocycles. The highest BCUT2D eigenvalue weighted by atomic mass is 14.1. The maximum Gasteiger partial charge on any atom is 0.138 e. The van der Waals surface area contributed by atoms with Crippen molar-refractivity contribution in [1.29, 1.82) is 0 Å². The van der Waals surface area contributed by atoms with E-state index in [2.05, 4.69) is 55.5 Å². The Balaban J connectivity index is 3.31. The molecule has 0 atom stereocenters. The first kappa shape index (κ1) is 11.4. The molecular weight excluding hydrogens is 166 g/mol. The van der Waals surface area contributed by atoms with Gasteiger partial charge in [-0.25, -0.2) is 0 Å². The molecule has 0 saturated carbocycles. The van der Waals surface area contributed by atoms with Crippen LogP contribution in [0.25, 0.3) is 0 Å². The van der Waals surface area contributed by atoms with Crippen LogP contribution in [0, 0.1) is 0 Å². The molecule has 1 rings (SSSR count). The average Bonchev–Trinajstić information content (AvgIpc) is 2.08. The van der Waals surface area contributed by atoms with E-state index in [1.54, 1.807) is 0 Å². The van der Waals surface area contributed by atoms with E-state index in [4.69, 9.17) is 0 Å². The van der Waals surface area contributed by atoms with Crippen molar-refractivity contribution in [3.05, 3.63) is 23.3 Å². The summed E-state index contributed by atoms with van der Waals surface area (Å²) in [6.07, 6.45) is 0. The van der Waals surface area contributed by atoms with Crippen LogP contribution < -0.4 is 10.9 Å². The zero-order valence-electron chi connectivity index (χ0n) is 10.3. The van der Waals surface area contributed by atoms with E-state index < -0.39 is 0 Å². The number of rotatable bonds is 2. The molecule has 0 bridgehead atoms. The SMILES string of the molecule is Bc1cc(C(C)C)c(C(C)C)cc1B. The number of hydrogen-bond donors (Lipinski definition) is 0. The highest BCUT2D eigenvalue weighted by Crippen LogP contribution is 2.24. The molecular formula is C12H20B2. The highest BCUT2D eigenvalue weighted by molar-refractivity contribution is 6.48. The normalized spacial score (nSPS) is 11.3. The van der Waals surface area contributed by atoms with Gasteiger partial charge >= 0.3 is 0 Å². The van der Waals surface area contributed by atoms with Crippen molar-refractivity contribution in [3.8, 4) is 0 Å². The van der Waals surface area contributed by atoms with Crippen molar-refractivity contribution in [2.24, 2.45) is 0 Å². The molecule has 0 nitrogen and oxygen atoms in total. The Morgan fingerprint density at radius 3 is 1.29 bits per heavy atom. The summed E-state index contributed by atoms with van der Waals surface area (Å²) in [4.78, 5) is 0. The van der Waals surface area contributed by atoms with Gasteiger partial charge < -0.3 is 0 Å². The van der Waals surface area contributed by atoms with E-state index in [0.29, 0.717) is 11.8 Å². The van der Waals surface area contributed by atoms with Crippen LogP contribution in [0.2, 0.25) is 0 Å². The van der Waals surface area contributed by atoms with Gasteiger partial charge in [0.2, 0.25) is 0 Å². The average molecular weight is 186 g/mol. The minimum atomic E-state index is 0.631. The Hall–Kier alpha value is -0.650. The van der Waals surface area contributed by atoms with Crippen molar-refractivity contribution in [1.82, 2.24) is 0 Å². The molecule has 0 radical (unpaired) electrons. The van der Waals surface area contributed by atoms with Crippen molar-refractivity contribution < 1.29 is 0 Å². The van der Waals surface area contributed by atoms with Crippen molar-refractivity contribution >= 4 is 26.6 Å². The van der Waals surface area contributed by atoms with Crippen molar-refractivity contribution in [3.63, 3.8) is 0 Å². The van der Waals surface area contributed by atoms with Gasteiger partial charge in [-0.15, -0.1) is 0 Å². The van der Waals surface area contributed by atoms with Gasteiger partial charge in [-0.2, -0.15) is 0 Å². The Morgan fingerprint density at radius 2 is 1.07 bits per heavy atom. The topological polar surface area (TPSA) is 0 Å². The molecule has 2 heteroatoms. The van der Waals surface area contributed by atoms with E-state index in [0.717, 1.165) is 0 Å². The predicted molar refractivity (Wildman–Crippen MR) is 71.0 cm³/mol. The van der Waals surface area contributed by atoms with E-state index >= 15 is 0 Å². The second-order valence-electron chi connectivity index (χ2n) is 4.87. The summed E-state index contributed by atoms with van der Waals surface area (Å²) >= 11 is 0. The van der Waals surface area contributed by atoms with Gasteiger partial charge in [-0.3, -0.25) is 0 Å². The smallest absolute Gasteiger partial charge is 0.0948 e. The lowest BCUT2D eigenvalue weighted by molar-refractivity contribution is 0.792. The second-order valence-corrected chi connectivity index (χ2v) is 4.87. The van der Waals surface area contributed by atoms with Crippen LogP contribution >= 0.6 is 0 Å². The highest BCUT2D eigenvalue weighted by Gasteiger charge is 2.10. The van der Waals surface area contributed by atoms with E-state index in [-0.39, 0.29) is 0 Å². The molecule has 0 aliphatic heterocycles. The Bertz CT molecular complexity index is 294. The summed E-state index contributed by atoms with van der Waals surface area (Å²) in [6.45, 7) is 9.10. The monoisotopic (exact) mass is 186 g/mol. The van der Waals surface area contributed by atoms with Crippen LogP contribution in [0.5, 0.6) is 0 Å². The lowest BCUT2D eigenvalue weighted by Crippen LogP contribution is -2.27. The van der Waals surface area contributed by atoms with Crippen molar-refractivity contribution in [2.45, 2.75) is 39.5 Å². The van der Waals surface area contributed by atoms with Crippen LogP contribution in [0.1, 0.15) is 50.7 Å². The third-order valence-electron chi connectivity index (χ3n) is 2.94. The van der Waals surface area contributed by atoms with Gasteiger partial charge in [-0.05, 0) is 23.0 Å². The molecule has 0 amide bonds. The second kappa shape index (κ2) is 4.25. The first-order valence-electron chi connectivity index (χ1n) is 5.54. The Labute approximate surface area is 89.9 Å². The quantitative estimate of drug-likeness (QED) is 0.588. The minimum absolute atomic E-state index is 0.631. The number of benzene rings is 1. The molecule has 0 aromatic heterocycles. The molecule has 1 aromatic carbocycles. The van der Waals surface area contributed by atoms with Gasteiger partial charge in [0.05, 0.1) is 0 Å². The first-order valence-corrected chi connectivity index (χ1v) is 5.54. The maximum absolute atomic E-state index is 2.36. The van der Waals surface area contributed by atoms with Gasteiger partial charge in [0.15, 0.2) is 0 Å². The third-order valence-corrected chi connectivity index (χ3v) is 2.94. The van der Waals surface area contributed by atoms with Crippen LogP contribution in [-0.4, -0.2) is 15.7 Å². The molecule has 1 aromatic rings. The maximum atomic E-state index is 2.36. The van der Waals surface area contributed by atoms with E-state index in [9.17, 15) is 0 Å². The summed E-state index contributed by atoms with van der Waals surface area (Å²) in [5.74, 6) is 1.26. The molecule has 14 heavy (non-hydrogen) atoms. The van der Waals surface area contributed by atoms with Gasteiger partial charge in [-0.1, -0.05) is 50.8 Å². The summed E-state index contributed by atoms with van der Waals surface area (Å²) < 4.78 is 0. The fourth-order valence-corrected chi connectivity index (χ4v) is 1.86. The summed E-state index contributed by atoms with van der Waals surface area (Å²) in [5, 5.41) is 0. The predicted octanol–water partition coefficient (Wildman–Crippen LogP) is 0.450. The molecule has 0 aliphatic carbocycles. The van der Waals surface area contributed by atoms with Gasteiger partial charge in [0, 0.05) is 0 Å². The molecule has 0 heterocycles.